The summed E-state index contributed by atoms with van der Waals surface area (Å²) in [4.78, 5) is 14.5. The van der Waals surface area contributed by atoms with Gasteiger partial charge in [-0.05, 0) is 37.9 Å². The monoisotopic (exact) mass is 316 g/mol. The summed E-state index contributed by atoms with van der Waals surface area (Å²) in [6.07, 6.45) is 1.80. The second kappa shape index (κ2) is 7.10. The first kappa shape index (κ1) is 16.0. The lowest BCUT2D eigenvalue weighted by Crippen LogP contribution is -2.43. The largest absolute Gasteiger partial charge is 0.390 e. The second-order valence-corrected chi connectivity index (χ2v) is 6.46. The van der Waals surface area contributed by atoms with Crippen LogP contribution >= 0.6 is 0 Å². The number of β-amino-alcohol motifs (C(OH)–C–C–N with tert-alkyl or cyclic N) is 1. The van der Waals surface area contributed by atoms with Gasteiger partial charge in [0.1, 0.15) is 0 Å². The molecule has 2 aromatic rings. The fourth-order valence-corrected chi connectivity index (χ4v) is 3.04. The summed E-state index contributed by atoms with van der Waals surface area (Å²) in [6, 6.07) is 7.51. The van der Waals surface area contributed by atoms with E-state index in [4.69, 9.17) is 0 Å². The summed E-state index contributed by atoms with van der Waals surface area (Å²) in [5.41, 5.74) is 1.21. The number of aliphatic hydroxyl groups excluding tert-OH is 1. The van der Waals surface area contributed by atoms with Crippen LogP contribution in [-0.4, -0.2) is 58.4 Å². The number of aromatic nitrogens is 2. The summed E-state index contributed by atoms with van der Waals surface area (Å²) in [5.74, 6) is 0.518. The van der Waals surface area contributed by atoms with Crippen LogP contribution in [0.25, 0.3) is 10.9 Å². The average Bonchev–Trinajstić information content (AvgIpc) is 2.99. The van der Waals surface area contributed by atoms with Crippen molar-refractivity contribution in [3.05, 3.63) is 30.0 Å². The van der Waals surface area contributed by atoms with Crippen LogP contribution in [-0.2, 0) is 0 Å². The molecule has 0 radical (unpaired) electrons. The van der Waals surface area contributed by atoms with E-state index in [1.165, 1.54) is 12.8 Å². The Morgan fingerprint density at radius 3 is 2.96 bits per heavy atom. The van der Waals surface area contributed by atoms with Crippen molar-refractivity contribution in [2.75, 3.05) is 26.2 Å². The van der Waals surface area contributed by atoms with Crippen molar-refractivity contribution in [1.29, 1.82) is 0 Å². The molecular weight excluding hydrogens is 292 g/mol. The molecule has 124 valence electrons. The third-order valence-electron chi connectivity index (χ3n) is 4.53. The molecule has 6 nitrogen and oxygen atoms in total. The van der Waals surface area contributed by atoms with Crippen LogP contribution in [0.3, 0.4) is 0 Å². The van der Waals surface area contributed by atoms with E-state index in [2.05, 4.69) is 27.3 Å². The number of amides is 1. The second-order valence-electron chi connectivity index (χ2n) is 6.46. The Bertz CT molecular complexity index is 661. The highest BCUT2D eigenvalue weighted by Crippen LogP contribution is 2.16. The molecule has 1 aliphatic heterocycles. The molecule has 0 saturated carbocycles. The third kappa shape index (κ3) is 3.89. The molecule has 1 aromatic heterocycles. The molecule has 23 heavy (non-hydrogen) atoms. The Hall–Kier alpha value is -1.92. The molecular formula is C17H24N4O2. The van der Waals surface area contributed by atoms with Gasteiger partial charge >= 0.3 is 0 Å². The van der Waals surface area contributed by atoms with E-state index >= 15 is 0 Å². The van der Waals surface area contributed by atoms with Crippen molar-refractivity contribution in [2.45, 2.75) is 25.9 Å². The zero-order valence-electron chi connectivity index (χ0n) is 13.5. The number of para-hydroxylation sites is 1. The first-order chi connectivity index (χ1) is 11.1. The van der Waals surface area contributed by atoms with Crippen LogP contribution in [0.15, 0.2) is 24.3 Å². The molecule has 3 rings (SSSR count). The number of nitrogens with zero attached hydrogens (tertiary/aromatic N) is 2. The fraction of sp³-hybridized carbons (Fsp3) is 0.529. The van der Waals surface area contributed by atoms with Crippen molar-refractivity contribution in [2.24, 2.45) is 5.92 Å². The predicted molar refractivity (Wildman–Crippen MR) is 89.3 cm³/mol. The highest BCUT2D eigenvalue weighted by molar-refractivity contribution is 6.04. The lowest BCUT2D eigenvalue weighted by Gasteiger charge is -2.31. The van der Waals surface area contributed by atoms with Crippen LogP contribution in [0.1, 0.15) is 30.3 Å². The normalized spacial score (nSPS) is 18.2. The zero-order valence-corrected chi connectivity index (χ0v) is 13.5. The van der Waals surface area contributed by atoms with E-state index in [9.17, 15) is 9.90 Å². The number of aliphatic hydroxyl groups is 1. The Morgan fingerprint density at radius 1 is 1.43 bits per heavy atom. The smallest absolute Gasteiger partial charge is 0.272 e. The predicted octanol–water partition coefficient (Wildman–Crippen LogP) is 1.39. The maximum atomic E-state index is 12.2. The highest BCUT2D eigenvalue weighted by Gasteiger charge is 2.19. The number of hydrogen-bond acceptors (Lipinski definition) is 4. The summed E-state index contributed by atoms with van der Waals surface area (Å²) in [6.45, 7) is 5.16. The van der Waals surface area contributed by atoms with Crippen LogP contribution in [0, 0.1) is 5.92 Å². The summed E-state index contributed by atoms with van der Waals surface area (Å²) < 4.78 is 0. The number of likely N-dealkylation sites (tertiary alicyclic amines) is 1. The number of nitrogens with one attached hydrogen (secondary N) is 2. The average molecular weight is 316 g/mol. The number of carbonyl (C=O) groups excluding carboxylic acids is 1. The quantitative estimate of drug-likeness (QED) is 0.778. The van der Waals surface area contributed by atoms with E-state index in [1.54, 1.807) is 0 Å². The standard InChI is InChI=1S/C17H24N4O2/c1-12-6-8-21(9-7-12)11-13(22)10-18-17(23)16-14-4-2-3-5-15(14)19-20-16/h2-5,12-13,22H,6-11H2,1H3,(H,18,23)(H,19,20). The van der Waals surface area contributed by atoms with Crippen LogP contribution in [0.2, 0.25) is 0 Å². The fourth-order valence-electron chi connectivity index (χ4n) is 3.04. The van der Waals surface area contributed by atoms with Gasteiger partial charge in [-0.1, -0.05) is 25.1 Å². The van der Waals surface area contributed by atoms with E-state index in [0.717, 1.165) is 29.9 Å². The van der Waals surface area contributed by atoms with E-state index in [1.807, 2.05) is 24.3 Å². The van der Waals surface area contributed by atoms with Gasteiger partial charge in [-0.3, -0.25) is 9.89 Å². The van der Waals surface area contributed by atoms with E-state index in [-0.39, 0.29) is 12.5 Å². The molecule has 1 atom stereocenters. The van der Waals surface area contributed by atoms with Gasteiger partial charge in [0.15, 0.2) is 5.69 Å². The maximum absolute atomic E-state index is 12.2. The molecule has 1 fully saturated rings. The molecule has 1 amide bonds. The Kier molecular flexibility index (Phi) is 4.93. The number of aromatic amines is 1. The lowest BCUT2D eigenvalue weighted by atomic mass is 9.99. The first-order valence-corrected chi connectivity index (χ1v) is 8.25. The molecule has 0 spiro atoms. The zero-order chi connectivity index (χ0) is 16.2. The number of rotatable bonds is 5. The number of hydrogen-bond donors (Lipinski definition) is 3. The minimum Gasteiger partial charge on any atom is -0.390 e. The highest BCUT2D eigenvalue weighted by atomic mass is 16.3. The number of piperidine rings is 1. The Labute approximate surface area is 135 Å². The molecule has 0 bridgehead atoms. The maximum Gasteiger partial charge on any atom is 0.272 e. The van der Waals surface area contributed by atoms with Crippen LogP contribution in [0.5, 0.6) is 0 Å². The van der Waals surface area contributed by atoms with E-state index < -0.39 is 6.10 Å². The van der Waals surface area contributed by atoms with Gasteiger partial charge in [-0.25, -0.2) is 0 Å². The number of benzene rings is 1. The molecule has 3 N–H and O–H groups in total. The molecule has 1 saturated heterocycles. The Balaban J connectivity index is 1.50. The third-order valence-corrected chi connectivity index (χ3v) is 4.53. The van der Waals surface area contributed by atoms with Gasteiger partial charge in [-0.15, -0.1) is 0 Å². The SMILES string of the molecule is CC1CCN(CC(O)CNC(=O)c2n[nH]c3ccccc23)CC1. The van der Waals surface area contributed by atoms with Crippen molar-refractivity contribution >= 4 is 16.8 Å². The number of carbonyl (C=O) groups is 1. The van der Waals surface area contributed by atoms with Crippen LogP contribution < -0.4 is 5.32 Å². The van der Waals surface area contributed by atoms with Gasteiger partial charge in [0.2, 0.25) is 0 Å². The van der Waals surface area contributed by atoms with Gasteiger partial charge in [0.05, 0.1) is 11.6 Å². The molecule has 6 heteroatoms. The Morgan fingerprint density at radius 2 is 2.17 bits per heavy atom. The van der Waals surface area contributed by atoms with Gasteiger partial charge in [-0.2, -0.15) is 5.10 Å². The molecule has 1 aliphatic rings. The van der Waals surface area contributed by atoms with E-state index in [0.29, 0.717) is 12.2 Å². The molecule has 1 aromatic carbocycles. The van der Waals surface area contributed by atoms with Gasteiger partial charge in [0, 0.05) is 18.5 Å². The molecule has 1 unspecified atom stereocenters. The summed E-state index contributed by atoms with van der Waals surface area (Å²) in [5, 5.41) is 20.6. The summed E-state index contributed by atoms with van der Waals surface area (Å²) >= 11 is 0. The summed E-state index contributed by atoms with van der Waals surface area (Å²) in [7, 11) is 0. The number of fused-ring (bicyclic) bond motifs is 1. The first-order valence-electron chi connectivity index (χ1n) is 8.25. The van der Waals surface area contributed by atoms with Crippen LogP contribution in [0.4, 0.5) is 0 Å². The molecule has 0 aliphatic carbocycles. The van der Waals surface area contributed by atoms with Gasteiger partial charge in [0.25, 0.3) is 5.91 Å². The lowest BCUT2D eigenvalue weighted by molar-refractivity contribution is 0.0793. The number of H-pyrrole nitrogens is 1. The minimum atomic E-state index is -0.558. The van der Waals surface area contributed by atoms with Crippen molar-refractivity contribution in [3.63, 3.8) is 0 Å². The van der Waals surface area contributed by atoms with Gasteiger partial charge < -0.3 is 15.3 Å². The minimum absolute atomic E-state index is 0.242. The van der Waals surface area contributed by atoms with Crippen molar-refractivity contribution in [1.82, 2.24) is 20.4 Å². The topological polar surface area (TPSA) is 81.2 Å². The van der Waals surface area contributed by atoms with Crippen molar-refractivity contribution < 1.29 is 9.90 Å². The molecule has 2 heterocycles. The van der Waals surface area contributed by atoms with Crippen molar-refractivity contribution in [3.8, 4) is 0 Å².